The smallest absolute Gasteiger partial charge is 0.236 e. The Morgan fingerprint density at radius 1 is 1.06 bits per heavy atom. The van der Waals surface area contributed by atoms with Crippen molar-refractivity contribution in [1.82, 2.24) is 20.0 Å². The van der Waals surface area contributed by atoms with Crippen LogP contribution in [0.25, 0.3) is 0 Å². The molecule has 2 fully saturated rings. The Bertz CT molecular complexity index is 742. The first-order chi connectivity index (χ1) is 14.6. The number of carbonyl (C=O) groups excluding carboxylic acids is 2. The van der Waals surface area contributed by atoms with E-state index < -0.39 is 0 Å². The van der Waals surface area contributed by atoms with Gasteiger partial charge in [0, 0.05) is 44.3 Å². The standard InChI is InChI=1S/C25H40N4O2/c1-19(2)21-8-6-20(7-9-21)16-29(22-10-11-22)18-24(31)28-14-12-27(13-15-28)17-23(30)26-25(3,4)5/h6-9,19,22H,10-18H2,1-5H3,(H,26,30). The van der Waals surface area contributed by atoms with Gasteiger partial charge in [-0.2, -0.15) is 0 Å². The minimum Gasteiger partial charge on any atom is -0.350 e. The molecule has 31 heavy (non-hydrogen) atoms. The van der Waals surface area contributed by atoms with Crippen molar-refractivity contribution in [2.75, 3.05) is 39.3 Å². The molecule has 1 aromatic rings. The summed E-state index contributed by atoms with van der Waals surface area (Å²) in [5.41, 5.74) is 2.42. The third kappa shape index (κ3) is 7.62. The van der Waals surface area contributed by atoms with Crippen LogP contribution < -0.4 is 5.32 Å². The number of benzene rings is 1. The molecular weight excluding hydrogens is 388 g/mol. The minimum atomic E-state index is -0.212. The largest absolute Gasteiger partial charge is 0.350 e. The molecule has 1 heterocycles. The van der Waals surface area contributed by atoms with Gasteiger partial charge in [0.15, 0.2) is 0 Å². The molecule has 1 aliphatic heterocycles. The number of hydrogen-bond donors (Lipinski definition) is 1. The lowest BCUT2D eigenvalue weighted by Gasteiger charge is -2.36. The highest BCUT2D eigenvalue weighted by Crippen LogP contribution is 2.28. The summed E-state index contributed by atoms with van der Waals surface area (Å²) in [4.78, 5) is 31.6. The van der Waals surface area contributed by atoms with Crippen LogP contribution in [0, 0.1) is 0 Å². The first-order valence-electron chi connectivity index (χ1n) is 11.7. The minimum absolute atomic E-state index is 0.0515. The van der Waals surface area contributed by atoms with E-state index in [0.29, 0.717) is 38.1 Å². The molecule has 6 heteroatoms. The fourth-order valence-electron chi connectivity index (χ4n) is 4.09. The van der Waals surface area contributed by atoms with Crippen LogP contribution in [-0.2, 0) is 16.1 Å². The van der Waals surface area contributed by atoms with Crippen molar-refractivity contribution >= 4 is 11.8 Å². The molecule has 1 saturated carbocycles. The molecule has 0 bridgehead atoms. The fraction of sp³-hybridized carbons (Fsp3) is 0.680. The van der Waals surface area contributed by atoms with Crippen molar-refractivity contribution in [3.63, 3.8) is 0 Å². The summed E-state index contributed by atoms with van der Waals surface area (Å²) in [7, 11) is 0. The van der Waals surface area contributed by atoms with Crippen LogP contribution in [0.2, 0.25) is 0 Å². The molecule has 1 saturated heterocycles. The summed E-state index contributed by atoms with van der Waals surface area (Å²) in [5, 5.41) is 3.01. The number of nitrogens with zero attached hydrogens (tertiary/aromatic N) is 3. The first kappa shape index (κ1) is 23.7. The highest BCUT2D eigenvalue weighted by atomic mass is 16.2. The Hall–Kier alpha value is -1.92. The van der Waals surface area contributed by atoms with Gasteiger partial charge in [-0.1, -0.05) is 38.1 Å². The Balaban J connectivity index is 1.47. The molecule has 1 aliphatic carbocycles. The molecule has 1 N–H and O–H groups in total. The lowest BCUT2D eigenvalue weighted by atomic mass is 10.0. The molecule has 0 spiro atoms. The zero-order chi connectivity index (χ0) is 22.6. The topological polar surface area (TPSA) is 55.9 Å². The second-order valence-corrected chi connectivity index (χ2v) is 10.5. The number of rotatable bonds is 8. The van der Waals surface area contributed by atoms with E-state index in [1.165, 1.54) is 24.0 Å². The first-order valence-corrected chi connectivity index (χ1v) is 11.7. The molecule has 3 rings (SSSR count). The summed E-state index contributed by atoms with van der Waals surface area (Å²) in [5.74, 6) is 0.800. The molecule has 0 atom stereocenters. The predicted molar refractivity (Wildman–Crippen MR) is 125 cm³/mol. The van der Waals surface area contributed by atoms with Gasteiger partial charge in [-0.15, -0.1) is 0 Å². The molecule has 2 amide bonds. The molecule has 6 nitrogen and oxygen atoms in total. The fourth-order valence-corrected chi connectivity index (χ4v) is 4.09. The summed E-state index contributed by atoms with van der Waals surface area (Å²) >= 11 is 0. The van der Waals surface area contributed by atoms with Crippen LogP contribution in [-0.4, -0.2) is 77.4 Å². The van der Waals surface area contributed by atoms with Crippen LogP contribution in [0.1, 0.15) is 64.5 Å². The van der Waals surface area contributed by atoms with Gasteiger partial charge in [-0.05, 0) is 50.7 Å². The van der Waals surface area contributed by atoms with Gasteiger partial charge < -0.3 is 10.2 Å². The quantitative estimate of drug-likeness (QED) is 0.692. The van der Waals surface area contributed by atoms with Crippen molar-refractivity contribution in [2.45, 2.75) is 71.5 Å². The van der Waals surface area contributed by atoms with Gasteiger partial charge >= 0.3 is 0 Å². The monoisotopic (exact) mass is 428 g/mol. The zero-order valence-corrected chi connectivity index (χ0v) is 20.0. The molecular formula is C25H40N4O2. The van der Waals surface area contributed by atoms with Crippen molar-refractivity contribution in [3.05, 3.63) is 35.4 Å². The Kier molecular flexibility index (Phi) is 7.76. The van der Waals surface area contributed by atoms with Crippen molar-refractivity contribution < 1.29 is 9.59 Å². The molecule has 172 valence electrons. The van der Waals surface area contributed by atoms with Crippen LogP contribution in [0.15, 0.2) is 24.3 Å². The van der Waals surface area contributed by atoms with Crippen LogP contribution >= 0.6 is 0 Å². The summed E-state index contributed by atoms with van der Waals surface area (Å²) in [6.07, 6.45) is 2.38. The van der Waals surface area contributed by atoms with E-state index in [2.05, 4.69) is 53.2 Å². The highest BCUT2D eigenvalue weighted by molar-refractivity contribution is 5.79. The zero-order valence-electron chi connectivity index (χ0n) is 20.0. The van der Waals surface area contributed by atoms with Gasteiger partial charge in [0.1, 0.15) is 0 Å². The third-order valence-corrected chi connectivity index (χ3v) is 6.04. The van der Waals surface area contributed by atoms with Gasteiger partial charge in [-0.25, -0.2) is 0 Å². The maximum atomic E-state index is 13.0. The summed E-state index contributed by atoms with van der Waals surface area (Å²) in [6.45, 7) is 15.0. The third-order valence-electron chi connectivity index (χ3n) is 6.04. The molecule has 1 aromatic carbocycles. The second-order valence-electron chi connectivity index (χ2n) is 10.5. The second kappa shape index (κ2) is 10.1. The van der Waals surface area contributed by atoms with Crippen molar-refractivity contribution in [2.24, 2.45) is 0 Å². The lowest BCUT2D eigenvalue weighted by Crippen LogP contribution is -2.54. The molecule has 0 aromatic heterocycles. The maximum absolute atomic E-state index is 13.0. The number of carbonyl (C=O) groups is 2. The van der Waals surface area contributed by atoms with Crippen molar-refractivity contribution in [1.29, 1.82) is 0 Å². The number of piperazine rings is 1. The van der Waals surface area contributed by atoms with E-state index in [1.54, 1.807) is 0 Å². The maximum Gasteiger partial charge on any atom is 0.236 e. The predicted octanol–water partition coefficient (Wildman–Crippen LogP) is 2.83. The number of hydrogen-bond acceptors (Lipinski definition) is 4. The van der Waals surface area contributed by atoms with Gasteiger partial charge in [-0.3, -0.25) is 19.4 Å². The Morgan fingerprint density at radius 2 is 1.68 bits per heavy atom. The Labute approximate surface area is 188 Å². The van der Waals surface area contributed by atoms with E-state index in [-0.39, 0.29) is 17.4 Å². The summed E-state index contributed by atoms with van der Waals surface area (Å²) < 4.78 is 0. The van der Waals surface area contributed by atoms with E-state index >= 15 is 0 Å². The van der Waals surface area contributed by atoms with E-state index in [0.717, 1.165) is 19.6 Å². The van der Waals surface area contributed by atoms with Gasteiger partial charge in [0.05, 0.1) is 13.1 Å². The SMILES string of the molecule is CC(C)c1ccc(CN(CC(=O)N2CCN(CC(=O)NC(C)(C)C)CC2)C2CC2)cc1. The van der Waals surface area contributed by atoms with Crippen molar-refractivity contribution in [3.8, 4) is 0 Å². The number of amides is 2. The number of nitrogens with one attached hydrogen (secondary N) is 1. The lowest BCUT2D eigenvalue weighted by molar-refractivity contribution is -0.134. The average Bonchev–Trinajstić information content (AvgIpc) is 3.52. The van der Waals surface area contributed by atoms with Gasteiger partial charge in [0.25, 0.3) is 0 Å². The molecule has 0 unspecified atom stereocenters. The normalized spacial score (nSPS) is 18.0. The van der Waals surface area contributed by atoms with Crippen LogP contribution in [0.3, 0.4) is 0 Å². The highest BCUT2D eigenvalue weighted by Gasteiger charge is 2.32. The van der Waals surface area contributed by atoms with Crippen LogP contribution in [0.4, 0.5) is 0 Å². The summed E-state index contributed by atoms with van der Waals surface area (Å²) in [6, 6.07) is 9.37. The average molecular weight is 429 g/mol. The van der Waals surface area contributed by atoms with Crippen LogP contribution in [0.5, 0.6) is 0 Å². The van der Waals surface area contributed by atoms with Gasteiger partial charge in [0.2, 0.25) is 11.8 Å². The van der Waals surface area contributed by atoms with E-state index in [4.69, 9.17) is 0 Å². The molecule has 2 aliphatic rings. The Morgan fingerprint density at radius 3 is 2.19 bits per heavy atom. The molecule has 0 radical (unpaired) electrons. The van der Waals surface area contributed by atoms with E-state index in [1.807, 2.05) is 25.7 Å². The van der Waals surface area contributed by atoms with E-state index in [9.17, 15) is 9.59 Å².